The average molecular weight is 280 g/mol. The Hall–Kier alpha value is -1.62. The lowest BCUT2D eigenvalue weighted by Gasteiger charge is -2.10. The van der Waals surface area contributed by atoms with Crippen LogP contribution in [-0.2, 0) is 6.42 Å². The Labute approximate surface area is 119 Å². The van der Waals surface area contributed by atoms with Crippen LogP contribution in [0.1, 0.15) is 49.7 Å². The lowest BCUT2D eigenvalue weighted by molar-refractivity contribution is 0.0941. The maximum atomic E-state index is 12.0. The van der Waals surface area contributed by atoms with E-state index in [1.54, 1.807) is 6.07 Å². The molecule has 0 saturated carbocycles. The highest BCUT2D eigenvalue weighted by atomic mass is 16.3. The van der Waals surface area contributed by atoms with Gasteiger partial charge in [-0.25, -0.2) is 0 Å². The second-order valence-corrected chi connectivity index (χ2v) is 5.46. The van der Waals surface area contributed by atoms with E-state index in [0.717, 1.165) is 12.1 Å². The molecule has 1 unspecified atom stereocenters. The normalized spacial score (nSPS) is 12.4. The van der Waals surface area contributed by atoms with Crippen molar-refractivity contribution < 1.29 is 9.90 Å². The zero-order valence-electron chi connectivity index (χ0n) is 12.4. The van der Waals surface area contributed by atoms with E-state index < -0.39 is 6.10 Å². The van der Waals surface area contributed by atoms with E-state index >= 15 is 0 Å². The smallest absolute Gasteiger partial charge is 0.251 e. The van der Waals surface area contributed by atoms with Gasteiger partial charge in [0.1, 0.15) is 0 Å². The van der Waals surface area contributed by atoms with Crippen LogP contribution in [0.2, 0.25) is 0 Å². The van der Waals surface area contributed by atoms with Crippen molar-refractivity contribution in [1.82, 2.24) is 10.3 Å². The molecule has 3 N–H and O–H groups in total. The molecule has 0 aliphatic carbocycles. The van der Waals surface area contributed by atoms with Crippen molar-refractivity contribution in [3.8, 4) is 0 Å². The summed E-state index contributed by atoms with van der Waals surface area (Å²) >= 11 is 0. The number of aliphatic hydroxyl groups excluding tert-OH is 1. The van der Waals surface area contributed by atoms with Crippen LogP contribution in [-0.4, -0.2) is 28.6 Å². The first kappa shape index (κ1) is 16.4. The molecule has 0 aliphatic rings. The number of hydrogen-bond donors (Lipinski definition) is 3. The second kappa shape index (κ2) is 7.85. The van der Waals surface area contributed by atoms with Crippen molar-refractivity contribution in [1.29, 1.82) is 0 Å². The summed E-state index contributed by atoms with van der Waals surface area (Å²) in [6.07, 6.45) is 1.51. The Morgan fingerprint density at radius 2 is 2.10 bits per heavy atom. The number of aliphatic hydroxyl groups is 1. The molecule has 5 nitrogen and oxygen atoms in total. The van der Waals surface area contributed by atoms with Crippen LogP contribution in [0.4, 0.5) is 0 Å². The molecule has 1 rings (SSSR count). The average Bonchev–Trinajstić information content (AvgIpc) is 2.36. The molecule has 0 saturated heterocycles. The molecule has 0 radical (unpaired) electrons. The van der Waals surface area contributed by atoms with Crippen molar-refractivity contribution in [3.63, 3.8) is 0 Å². The molecule has 1 amide bonds. The maximum Gasteiger partial charge on any atom is 0.251 e. The monoisotopic (exact) mass is 280 g/mol. The Morgan fingerprint density at radius 1 is 1.40 bits per heavy atom. The zero-order valence-corrected chi connectivity index (χ0v) is 12.4. The number of hydrogen-bond acceptors (Lipinski definition) is 3. The van der Waals surface area contributed by atoms with E-state index in [0.29, 0.717) is 30.9 Å². The highest BCUT2D eigenvalue weighted by Crippen LogP contribution is 2.06. The van der Waals surface area contributed by atoms with Gasteiger partial charge in [-0.05, 0) is 31.2 Å². The first-order chi connectivity index (χ1) is 9.42. The maximum absolute atomic E-state index is 12.0. The first-order valence-electron chi connectivity index (χ1n) is 7.11. The van der Waals surface area contributed by atoms with E-state index in [1.807, 2.05) is 6.92 Å². The van der Waals surface area contributed by atoms with Gasteiger partial charge in [-0.15, -0.1) is 0 Å². The minimum atomic E-state index is -0.397. The fourth-order valence-electron chi connectivity index (χ4n) is 1.94. The summed E-state index contributed by atoms with van der Waals surface area (Å²) < 4.78 is 0. The Balaban J connectivity index is 2.68. The third-order valence-corrected chi connectivity index (χ3v) is 3.02. The summed E-state index contributed by atoms with van der Waals surface area (Å²) in [5.41, 5.74) is 0.878. The number of pyridine rings is 1. The third-order valence-electron chi connectivity index (χ3n) is 3.02. The van der Waals surface area contributed by atoms with Crippen LogP contribution in [0.25, 0.3) is 0 Å². The van der Waals surface area contributed by atoms with Crippen LogP contribution in [0.15, 0.2) is 16.9 Å². The van der Waals surface area contributed by atoms with Crippen LogP contribution in [0.3, 0.4) is 0 Å². The van der Waals surface area contributed by atoms with E-state index in [1.165, 1.54) is 6.07 Å². The van der Waals surface area contributed by atoms with Gasteiger partial charge in [-0.1, -0.05) is 20.8 Å². The molecule has 20 heavy (non-hydrogen) atoms. The SMILES string of the molecule is CCC(O)CCNC(=O)c1cc(CC(C)C)[nH]c(=O)c1. The Bertz CT molecular complexity index is 494. The summed E-state index contributed by atoms with van der Waals surface area (Å²) in [5.74, 6) is 0.132. The van der Waals surface area contributed by atoms with Crippen molar-refractivity contribution >= 4 is 5.91 Å². The molecule has 1 atom stereocenters. The van der Waals surface area contributed by atoms with Gasteiger partial charge in [-0.3, -0.25) is 9.59 Å². The van der Waals surface area contributed by atoms with Gasteiger partial charge < -0.3 is 15.4 Å². The van der Waals surface area contributed by atoms with Crippen molar-refractivity contribution in [2.75, 3.05) is 6.54 Å². The number of aromatic amines is 1. The number of H-pyrrole nitrogens is 1. The van der Waals surface area contributed by atoms with Crippen LogP contribution < -0.4 is 10.9 Å². The summed E-state index contributed by atoms with van der Waals surface area (Å²) in [5, 5.41) is 12.1. The van der Waals surface area contributed by atoms with E-state index in [9.17, 15) is 14.7 Å². The lowest BCUT2D eigenvalue weighted by atomic mass is 10.1. The third kappa shape index (κ3) is 5.57. The number of amides is 1. The highest BCUT2D eigenvalue weighted by molar-refractivity contribution is 5.94. The van der Waals surface area contributed by atoms with Crippen molar-refractivity contribution in [2.45, 2.75) is 46.1 Å². The molecule has 112 valence electrons. The first-order valence-corrected chi connectivity index (χ1v) is 7.11. The molecular formula is C15H24N2O3. The van der Waals surface area contributed by atoms with Crippen LogP contribution >= 0.6 is 0 Å². The standard InChI is InChI=1S/C15H24N2O3/c1-4-13(18)5-6-16-15(20)11-8-12(7-10(2)3)17-14(19)9-11/h8-10,13,18H,4-7H2,1-3H3,(H,16,20)(H,17,19). The Kier molecular flexibility index (Phi) is 6.45. The van der Waals surface area contributed by atoms with E-state index in [2.05, 4.69) is 24.1 Å². The number of carbonyl (C=O) groups is 1. The van der Waals surface area contributed by atoms with E-state index in [-0.39, 0.29) is 11.5 Å². The predicted octanol–water partition coefficient (Wildman–Crippen LogP) is 1.46. The van der Waals surface area contributed by atoms with Crippen molar-refractivity contribution in [2.24, 2.45) is 5.92 Å². The minimum absolute atomic E-state index is 0.262. The largest absolute Gasteiger partial charge is 0.393 e. The summed E-state index contributed by atoms with van der Waals surface area (Å²) in [6, 6.07) is 3.02. The topological polar surface area (TPSA) is 82.2 Å². The minimum Gasteiger partial charge on any atom is -0.393 e. The molecule has 5 heteroatoms. The number of nitrogens with one attached hydrogen (secondary N) is 2. The molecule has 0 fully saturated rings. The van der Waals surface area contributed by atoms with Gasteiger partial charge >= 0.3 is 0 Å². The van der Waals surface area contributed by atoms with Gasteiger partial charge in [0, 0.05) is 23.9 Å². The van der Waals surface area contributed by atoms with Crippen LogP contribution in [0.5, 0.6) is 0 Å². The number of carbonyl (C=O) groups excluding carboxylic acids is 1. The number of rotatable bonds is 7. The molecule has 1 aromatic heterocycles. The fraction of sp³-hybridized carbons (Fsp3) is 0.600. The van der Waals surface area contributed by atoms with Gasteiger partial charge in [0.2, 0.25) is 5.56 Å². The zero-order chi connectivity index (χ0) is 15.1. The van der Waals surface area contributed by atoms with E-state index in [4.69, 9.17) is 0 Å². The van der Waals surface area contributed by atoms with Gasteiger partial charge in [0.05, 0.1) is 6.10 Å². The fourth-order valence-corrected chi connectivity index (χ4v) is 1.94. The molecule has 1 heterocycles. The molecule has 0 aliphatic heterocycles. The molecule has 0 aromatic carbocycles. The molecule has 0 bridgehead atoms. The molecule has 1 aromatic rings. The Morgan fingerprint density at radius 3 is 2.70 bits per heavy atom. The predicted molar refractivity (Wildman–Crippen MR) is 78.9 cm³/mol. The molecular weight excluding hydrogens is 256 g/mol. The van der Waals surface area contributed by atoms with Gasteiger partial charge in [-0.2, -0.15) is 0 Å². The van der Waals surface area contributed by atoms with Crippen molar-refractivity contribution in [3.05, 3.63) is 33.7 Å². The molecule has 0 spiro atoms. The summed E-state index contributed by atoms with van der Waals surface area (Å²) in [4.78, 5) is 26.3. The number of aromatic nitrogens is 1. The highest BCUT2D eigenvalue weighted by Gasteiger charge is 2.09. The van der Waals surface area contributed by atoms with Gasteiger partial charge in [0.25, 0.3) is 5.91 Å². The second-order valence-electron chi connectivity index (χ2n) is 5.46. The lowest BCUT2D eigenvalue weighted by Crippen LogP contribution is -2.28. The quantitative estimate of drug-likeness (QED) is 0.707. The van der Waals surface area contributed by atoms with Gasteiger partial charge in [0.15, 0.2) is 0 Å². The summed E-state index contributed by atoms with van der Waals surface area (Å²) in [6.45, 7) is 6.40. The summed E-state index contributed by atoms with van der Waals surface area (Å²) in [7, 11) is 0. The van der Waals surface area contributed by atoms with Crippen LogP contribution in [0, 0.1) is 5.92 Å².